The summed E-state index contributed by atoms with van der Waals surface area (Å²) in [6.07, 6.45) is 3.07. The Labute approximate surface area is 200 Å². The standard InChI is InChI=1S/C29H29N3O2/c1-3-21-13-15-23(16-14-21)28-27-12-7-17-31(27)26-11-5-4-9-24(26)20-32(28)29(33)30-19-22-8-6-10-25(18-22)34-2/h4-18,28H,3,19-20H2,1-2H3,(H,30,33). The van der Waals surface area contributed by atoms with Crippen molar-refractivity contribution in [3.05, 3.63) is 119 Å². The lowest BCUT2D eigenvalue weighted by Gasteiger charge is -2.31. The van der Waals surface area contributed by atoms with Crippen molar-refractivity contribution in [3.8, 4) is 11.4 Å². The van der Waals surface area contributed by atoms with Crippen LogP contribution in [0.15, 0.2) is 91.1 Å². The lowest BCUT2D eigenvalue weighted by atomic mass is 10.00. The van der Waals surface area contributed by atoms with Crippen LogP contribution in [0.3, 0.4) is 0 Å². The Morgan fingerprint density at radius 2 is 1.79 bits per heavy atom. The number of hydrogen-bond donors (Lipinski definition) is 1. The van der Waals surface area contributed by atoms with Crippen LogP contribution in [0.5, 0.6) is 5.75 Å². The Balaban J connectivity index is 1.52. The molecule has 1 aliphatic heterocycles. The molecule has 1 aromatic heterocycles. The predicted molar refractivity (Wildman–Crippen MR) is 134 cm³/mol. The fourth-order valence-electron chi connectivity index (χ4n) is 4.69. The van der Waals surface area contributed by atoms with Gasteiger partial charge in [0.1, 0.15) is 5.75 Å². The molecule has 4 aromatic rings. The van der Waals surface area contributed by atoms with Gasteiger partial charge < -0.3 is 19.5 Å². The summed E-state index contributed by atoms with van der Waals surface area (Å²) in [5, 5.41) is 3.15. The number of methoxy groups -OCH3 is 1. The van der Waals surface area contributed by atoms with E-state index in [0.717, 1.165) is 40.2 Å². The van der Waals surface area contributed by atoms with Crippen molar-refractivity contribution in [2.24, 2.45) is 0 Å². The van der Waals surface area contributed by atoms with Crippen molar-refractivity contribution in [1.82, 2.24) is 14.8 Å². The third-order valence-corrected chi connectivity index (χ3v) is 6.51. The van der Waals surface area contributed by atoms with Gasteiger partial charge in [-0.2, -0.15) is 0 Å². The molecule has 3 aromatic carbocycles. The van der Waals surface area contributed by atoms with Crippen molar-refractivity contribution < 1.29 is 9.53 Å². The first-order valence-corrected chi connectivity index (χ1v) is 11.7. The first kappa shape index (κ1) is 21.8. The number of aromatic nitrogens is 1. The average molecular weight is 452 g/mol. The van der Waals surface area contributed by atoms with Gasteiger partial charge in [0.15, 0.2) is 0 Å². The quantitative estimate of drug-likeness (QED) is 0.413. The number of amides is 2. The number of rotatable bonds is 5. The summed E-state index contributed by atoms with van der Waals surface area (Å²) in [5.41, 5.74) is 6.68. The molecule has 5 heteroatoms. The van der Waals surface area contributed by atoms with Gasteiger partial charge in [0, 0.05) is 18.4 Å². The first-order valence-electron chi connectivity index (χ1n) is 11.7. The van der Waals surface area contributed by atoms with Gasteiger partial charge in [-0.3, -0.25) is 0 Å². The fourth-order valence-corrected chi connectivity index (χ4v) is 4.69. The zero-order chi connectivity index (χ0) is 23.5. The molecule has 34 heavy (non-hydrogen) atoms. The Morgan fingerprint density at radius 3 is 2.59 bits per heavy atom. The molecule has 172 valence electrons. The first-order chi connectivity index (χ1) is 16.7. The van der Waals surface area contributed by atoms with Gasteiger partial charge in [-0.15, -0.1) is 0 Å². The van der Waals surface area contributed by atoms with Crippen LogP contribution in [0, 0.1) is 0 Å². The molecule has 0 bridgehead atoms. The second kappa shape index (κ2) is 9.48. The summed E-state index contributed by atoms with van der Waals surface area (Å²) >= 11 is 0. The normalized spacial score (nSPS) is 14.6. The molecule has 1 atom stereocenters. The number of nitrogens with one attached hydrogen (secondary N) is 1. The second-order valence-electron chi connectivity index (χ2n) is 8.57. The largest absolute Gasteiger partial charge is 0.497 e. The Hall–Kier alpha value is -3.99. The van der Waals surface area contributed by atoms with Gasteiger partial charge in [-0.1, -0.05) is 61.5 Å². The molecular formula is C29H29N3O2. The van der Waals surface area contributed by atoms with Crippen molar-refractivity contribution in [2.75, 3.05) is 7.11 Å². The Morgan fingerprint density at radius 1 is 0.971 bits per heavy atom. The van der Waals surface area contributed by atoms with E-state index in [1.165, 1.54) is 5.56 Å². The molecule has 0 fully saturated rings. The van der Waals surface area contributed by atoms with E-state index in [4.69, 9.17) is 4.74 Å². The van der Waals surface area contributed by atoms with Gasteiger partial charge in [-0.25, -0.2) is 4.79 Å². The molecule has 1 aliphatic rings. The number of para-hydroxylation sites is 1. The number of fused-ring (bicyclic) bond motifs is 3. The number of carbonyl (C=O) groups is 1. The van der Waals surface area contributed by atoms with Gasteiger partial charge >= 0.3 is 6.03 Å². The molecule has 0 saturated heterocycles. The van der Waals surface area contributed by atoms with Crippen LogP contribution in [-0.4, -0.2) is 22.6 Å². The van der Waals surface area contributed by atoms with E-state index in [9.17, 15) is 4.79 Å². The minimum atomic E-state index is -0.210. The molecule has 0 spiro atoms. The molecule has 5 rings (SSSR count). The maximum atomic E-state index is 13.7. The van der Waals surface area contributed by atoms with E-state index < -0.39 is 0 Å². The fraction of sp³-hybridized carbons (Fsp3) is 0.207. The third kappa shape index (κ3) is 4.17. The van der Waals surface area contributed by atoms with Crippen molar-refractivity contribution in [2.45, 2.75) is 32.5 Å². The summed E-state index contributed by atoms with van der Waals surface area (Å²) in [7, 11) is 1.65. The second-order valence-corrected chi connectivity index (χ2v) is 8.57. The molecule has 0 radical (unpaired) electrons. The molecule has 2 heterocycles. The van der Waals surface area contributed by atoms with E-state index in [-0.39, 0.29) is 12.1 Å². The van der Waals surface area contributed by atoms with Gasteiger partial charge in [0.25, 0.3) is 0 Å². The molecule has 0 saturated carbocycles. The molecular weight excluding hydrogens is 422 g/mol. The van der Waals surface area contributed by atoms with E-state index in [1.54, 1.807) is 7.11 Å². The molecule has 0 aliphatic carbocycles. The van der Waals surface area contributed by atoms with Gasteiger partial charge in [0.05, 0.1) is 25.4 Å². The Kier molecular flexibility index (Phi) is 6.09. The van der Waals surface area contributed by atoms with Crippen molar-refractivity contribution in [1.29, 1.82) is 0 Å². The third-order valence-electron chi connectivity index (χ3n) is 6.51. The number of urea groups is 1. The molecule has 1 unspecified atom stereocenters. The molecule has 2 amide bonds. The van der Waals surface area contributed by atoms with Crippen molar-refractivity contribution in [3.63, 3.8) is 0 Å². The lowest BCUT2D eigenvalue weighted by molar-refractivity contribution is 0.180. The molecule has 5 nitrogen and oxygen atoms in total. The summed E-state index contributed by atoms with van der Waals surface area (Å²) < 4.78 is 7.54. The summed E-state index contributed by atoms with van der Waals surface area (Å²) in [4.78, 5) is 15.6. The number of aryl methyl sites for hydroxylation is 1. The van der Waals surface area contributed by atoms with Crippen molar-refractivity contribution >= 4 is 6.03 Å². The zero-order valence-corrected chi connectivity index (χ0v) is 19.6. The summed E-state index contributed by atoms with van der Waals surface area (Å²) in [5.74, 6) is 0.780. The summed E-state index contributed by atoms with van der Waals surface area (Å²) in [6.45, 7) is 3.10. The van der Waals surface area contributed by atoms with Crippen LogP contribution in [0.2, 0.25) is 0 Å². The highest BCUT2D eigenvalue weighted by molar-refractivity contribution is 5.76. The van der Waals surface area contributed by atoms with Crippen LogP contribution in [-0.2, 0) is 19.5 Å². The SMILES string of the molecule is CCc1ccc(C2c3cccn3-c3ccccc3CN2C(=O)NCc2cccc(OC)c2)cc1. The van der Waals surface area contributed by atoms with Crippen LogP contribution < -0.4 is 10.1 Å². The number of benzene rings is 3. The smallest absolute Gasteiger partial charge is 0.318 e. The van der Waals surface area contributed by atoms with Gasteiger partial charge in [-0.05, 0) is 59.0 Å². The van der Waals surface area contributed by atoms with E-state index in [2.05, 4.69) is 71.5 Å². The summed E-state index contributed by atoms with van der Waals surface area (Å²) in [6, 6.07) is 28.6. The van der Waals surface area contributed by atoms with Crippen LogP contribution in [0.1, 0.15) is 40.9 Å². The van der Waals surface area contributed by atoms with Crippen LogP contribution >= 0.6 is 0 Å². The lowest BCUT2D eigenvalue weighted by Crippen LogP contribution is -2.41. The Bertz CT molecular complexity index is 1290. The topological polar surface area (TPSA) is 46.5 Å². The number of hydrogen-bond acceptors (Lipinski definition) is 2. The van der Waals surface area contributed by atoms with Gasteiger partial charge in [0.2, 0.25) is 0 Å². The highest BCUT2D eigenvalue weighted by Gasteiger charge is 2.32. The van der Waals surface area contributed by atoms with E-state index in [0.29, 0.717) is 13.1 Å². The maximum Gasteiger partial charge on any atom is 0.318 e. The number of nitrogens with zero attached hydrogens (tertiary/aromatic N) is 2. The number of carbonyl (C=O) groups excluding carboxylic acids is 1. The minimum absolute atomic E-state index is 0.100. The van der Waals surface area contributed by atoms with E-state index >= 15 is 0 Å². The highest BCUT2D eigenvalue weighted by Crippen LogP contribution is 2.36. The predicted octanol–water partition coefficient (Wildman–Crippen LogP) is 5.86. The monoisotopic (exact) mass is 451 g/mol. The number of ether oxygens (including phenoxy) is 1. The average Bonchev–Trinajstić information content (AvgIpc) is 3.32. The zero-order valence-electron chi connectivity index (χ0n) is 19.6. The molecule has 1 N–H and O–H groups in total. The van der Waals surface area contributed by atoms with Crippen LogP contribution in [0.4, 0.5) is 4.79 Å². The minimum Gasteiger partial charge on any atom is -0.497 e. The van der Waals surface area contributed by atoms with E-state index in [1.807, 2.05) is 41.3 Å². The highest BCUT2D eigenvalue weighted by atomic mass is 16.5. The maximum absolute atomic E-state index is 13.7. The van der Waals surface area contributed by atoms with Crippen LogP contribution in [0.25, 0.3) is 5.69 Å².